The first kappa shape index (κ1) is 19.7. The molecule has 0 N–H and O–H groups in total. The van der Waals surface area contributed by atoms with Crippen molar-refractivity contribution in [3.8, 4) is 5.75 Å². The Balaban J connectivity index is 1.60. The first-order chi connectivity index (χ1) is 14.2. The smallest absolute Gasteiger partial charge is 0.148 e. The van der Waals surface area contributed by atoms with Gasteiger partial charge >= 0.3 is 0 Å². The number of hydrogen-bond acceptors (Lipinski definition) is 3. The third kappa shape index (κ3) is 4.39. The molecule has 150 valence electrons. The number of ether oxygens (including phenoxy) is 1. The molecule has 0 amide bonds. The molecular formula is C24H26ClN3O. The minimum Gasteiger partial charge on any atom is -0.486 e. The Bertz CT molecular complexity index is 1120. The van der Waals surface area contributed by atoms with Crippen LogP contribution in [0.2, 0.25) is 5.02 Å². The SMILES string of the molecule is CCN(CC)CCn1c(COc2ccc3ccccc3c2)nc2ccc(Cl)cc21. The van der Waals surface area contributed by atoms with E-state index in [9.17, 15) is 0 Å². The van der Waals surface area contributed by atoms with Crippen molar-refractivity contribution in [1.82, 2.24) is 14.5 Å². The van der Waals surface area contributed by atoms with Gasteiger partial charge in [-0.25, -0.2) is 4.98 Å². The van der Waals surface area contributed by atoms with Crippen molar-refractivity contribution >= 4 is 33.4 Å². The molecular weight excluding hydrogens is 382 g/mol. The minimum absolute atomic E-state index is 0.420. The van der Waals surface area contributed by atoms with E-state index in [-0.39, 0.29) is 0 Å². The summed E-state index contributed by atoms with van der Waals surface area (Å²) < 4.78 is 8.37. The highest BCUT2D eigenvalue weighted by molar-refractivity contribution is 6.31. The lowest BCUT2D eigenvalue weighted by atomic mass is 10.1. The first-order valence-electron chi connectivity index (χ1n) is 10.2. The number of rotatable bonds is 8. The minimum atomic E-state index is 0.420. The van der Waals surface area contributed by atoms with Crippen molar-refractivity contribution in [3.63, 3.8) is 0 Å². The fourth-order valence-electron chi connectivity index (χ4n) is 3.69. The highest BCUT2D eigenvalue weighted by Gasteiger charge is 2.13. The summed E-state index contributed by atoms with van der Waals surface area (Å²) in [6.45, 7) is 8.69. The fourth-order valence-corrected chi connectivity index (χ4v) is 3.86. The zero-order valence-electron chi connectivity index (χ0n) is 16.9. The summed E-state index contributed by atoms with van der Waals surface area (Å²) in [6.07, 6.45) is 0. The van der Waals surface area contributed by atoms with Gasteiger partial charge in [0.15, 0.2) is 0 Å². The number of halogens is 1. The number of hydrogen-bond donors (Lipinski definition) is 0. The van der Waals surface area contributed by atoms with Gasteiger partial charge in [0.25, 0.3) is 0 Å². The number of likely N-dealkylation sites (N-methyl/N-ethyl adjacent to an activating group) is 1. The van der Waals surface area contributed by atoms with Crippen molar-refractivity contribution in [3.05, 3.63) is 71.5 Å². The number of aromatic nitrogens is 2. The van der Waals surface area contributed by atoms with E-state index in [1.54, 1.807) is 0 Å². The highest BCUT2D eigenvalue weighted by Crippen LogP contribution is 2.24. The van der Waals surface area contributed by atoms with Crippen LogP contribution < -0.4 is 4.74 Å². The van der Waals surface area contributed by atoms with Crippen molar-refractivity contribution < 1.29 is 4.74 Å². The van der Waals surface area contributed by atoms with E-state index >= 15 is 0 Å². The number of nitrogens with zero attached hydrogens (tertiary/aromatic N) is 3. The normalized spacial score (nSPS) is 11.6. The third-order valence-electron chi connectivity index (χ3n) is 5.41. The van der Waals surface area contributed by atoms with Crippen LogP contribution in [0.1, 0.15) is 19.7 Å². The predicted molar refractivity (Wildman–Crippen MR) is 121 cm³/mol. The van der Waals surface area contributed by atoms with Gasteiger partial charge in [-0.05, 0) is 54.2 Å². The maximum Gasteiger partial charge on any atom is 0.148 e. The van der Waals surface area contributed by atoms with Crippen LogP contribution in [0.4, 0.5) is 0 Å². The lowest BCUT2D eigenvalue weighted by molar-refractivity contribution is 0.271. The van der Waals surface area contributed by atoms with E-state index in [2.05, 4.69) is 47.6 Å². The Labute approximate surface area is 176 Å². The lowest BCUT2D eigenvalue weighted by Crippen LogP contribution is -2.27. The van der Waals surface area contributed by atoms with Crippen molar-refractivity contribution in [2.45, 2.75) is 27.0 Å². The van der Waals surface area contributed by atoms with Crippen molar-refractivity contribution in [2.75, 3.05) is 19.6 Å². The summed E-state index contributed by atoms with van der Waals surface area (Å²) in [5.41, 5.74) is 2.01. The standard InChI is InChI=1S/C24H26ClN3O/c1-3-27(4-2)13-14-28-23-16-20(25)10-12-22(23)26-24(28)17-29-21-11-9-18-7-5-6-8-19(18)15-21/h5-12,15-16H,3-4,13-14,17H2,1-2H3. The van der Waals surface area contributed by atoms with E-state index in [0.29, 0.717) is 6.61 Å². The third-order valence-corrected chi connectivity index (χ3v) is 5.65. The second kappa shape index (κ2) is 8.85. The molecule has 0 aliphatic heterocycles. The van der Waals surface area contributed by atoms with E-state index in [4.69, 9.17) is 21.3 Å². The van der Waals surface area contributed by atoms with Crippen LogP contribution >= 0.6 is 11.6 Å². The topological polar surface area (TPSA) is 30.3 Å². The predicted octanol–water partition coefficient (Wildman–Crippen LogP) is 5.76. The zero-order valence-corrected chi connectivity index (χ0v) is 17.7. The molecule has 0 fully saturated rings. The molecule has 0 aliphatic rings. The summed E-state index contributed by atoms with van der Waals surface area (Å²) in [7, 11) is 0. The number of imidazole rings is 1. The van der Waals surface area contributed by atoms with Crippen LogP contribution in [0.15, 0.2) is 60.7 Å². The fraction of sp³-hybridized carbons (Fsp3) is 0.292. The van der Waals surface area contributed by atoms with Gasteiger partial charge in [0, 0.05) is 18.1 Å². The summed E-state index contributed by atoms with van der Waals surface area (Å²) in [5, 5.41) is 3.11. The Kier molecular flexibility index (Phi) is 6.02. The lowest BCUT2D eigenvalue weighted by Gasteiger charge is -2.19. The number of fused-ring (bicyclic) bond motifs is 2. The maximum atomic E-state index is 6.26. The molecule has 1 aromatic heterocycles. The van der Waals surface area contributed by atoms with Gasteiger partial charge < -0.3 is 14.2 Å². The van der Waals surface area contributed by atoms with Gasteiger partial charge in [-0.15, -0.1) is 0 Å². The first-order valence-corrected chi connectivity index (χ1v) is 10.5. The van der Waals surface area contributed by atoms with Crippen LogP contribution in [0.5, 0.6) is 5.75 Å². The summed E-state index contributed by atoms with van der Waals surface area (Å²) in [4.78, 5) is 7.23. The molecule has 1 heterocycles. The Morgan fingerprint density at radius 1 is 0.966 bits per heavy atom. The molecule has 3 aromatic carbocycles. The molecule has 0 spiro atoms. The van der Waals surface area contributed by atoms with Gasteiger partial charge in [0.05, 0.1) is 11.0 Å². The molecule has 4 nitrogen and oxygen atoms in total. The quantitative estimate of drug-likeness (QED) is 0.371. The molecule has 0 radical (unpaired) electrons. The van der Waals surface area contributed by atoms with Crippen LogP contribution in [-0.4, -0.2) is 34.1 Å². The molecule has 0 saturated carbocycles. The van der Waals surface area contributed by atoms with E-state index < -0.39 is 0 Å². The monoisotopic (exact) mass is 407 g/mol. The summed E-state index contributed by atoms with van der Waals surface area (Å²) >= 11 is 6.26. The molecule has 0 saturated heterocycles. The second-order valence-corrected chi connectivity index (χ2v) is 7.57. The Morgan fingerprint density at radius 3 is 2.55 bits per heavy atom. The van der Waals surface area contributed by atoms with E-state index in [0.717, 1.165) is 53.8 Å². The van der Waals surface area contributed by atoms with Gasteiger partial charge in [-0.3, -0.25) is 0 Å². The van der Waals surface area contributed by atoms with Gasteiger partial charge in [0.1, 0.15) is 18.2 Å². The molecule has 0 bridgehead atoms. The Hall–Kier alpha value is -2.56. The maximum absolute atomic E-state index is 6.26. The van der Waals surface area contributed by atoms with Crippen LogP contribution in [0.3, 0.4) is 0 Å². The molecule has 0 unspecified atom stereocenters. The van der Waals surface area contributed by atoms with Crippen LogP contribution in [-0.2, 0) is 13.2 Å². The molecule has 0 atom stereocenters. The Morgan fingerprint density at radius 2 is 1.76 bits per heavy atom. The molecule has 0 aliphatic carbocycles. The largest absolute Gasteiger partial charge is 0.486 e. The highest BCUT2D eigenvalue weighted by atomic mass is 35.5. The van der Waals surface area contributed by atoms with Gasteiger partial charge in [-0.1, -0.05) is 55.8 Å². The number of benzene rings is 3. The average Bonchev–Trinajstić information content (AvgIpc) is 3.09. The molecule has 29 heavy (non-hydrogen) atoms. The zero-order chi connectivity index (χ0) is 20.2. The van der Waals surface area contributed by atoms with Crippen molar-refractivity contribution in [1.29, 1.82) is 0 Å². The molecule has 4 aromatic rings. The van der Waals surface area contributed by atoms with Crippen LogP contribution in [0.25, 0.3) is 21.8 Å². The van der Waals surface area contributed by atoms with Gasteiger partial charge in [-0.2, -0.15) is 0 Å². The molecule has 5 heteroatoms. The molecule has 4 rings (SSSR count). The van der Waals surface area contributed by atoms with Crippen molar-refractivity contribution in [2.24, 2.45) is 0 Å². The second-order valence-electron chi connectivity index (χ2n) is 7.14. The average molecular weight is 408 g/mol. The van der Waals surface area contributed by atoms with E-state index in [1.807, 2.05) is 36.4 Å². The summed E-state index contributed by atoms with van der Waals surface area (Å²) in [5.74, 6) is 1.77. The van der Waals surface area contributed by atoms with Gasteiger partial charge in [0.2, 0.25) is 0 Å². The van der Waals surface area contributed by atoms with Crippen LogP contribution in [0, 0.1) is 0 Å². The van der Waals surface area contributed by atoms with E-state index in [1.165, 1.54) is 10.8 Å². The summed E-state index contributed by atoms with van der Waals surface area (Å²) in [6, 6.07) is 20.3.